The maximum atomic E-state index is 13.9. The van der Waals surface area contributed by atoms with Gasteiger partial charge in [-0.2, -0.15) is 0 Å². The zero-order valence-corrected chi connectivity index (χ0v) is 17.3. The standard InChI is InChI=1S/C22H24F2N2O4/c1-22(2,3)14-7-5-13(6-8-14)20(28)25-10-9-19(27)26-18-11-15(21(29)30-4)16(23)12-17(18)24/h5-8,11-12H,9-10H2,1-4H3,(H,25,28)(H,26,27). The summed E-state index contributed by atoms with van der Waals surface area (Å²) in [5, 5.41) is 4.86. The van der Waals surface area contributed by atoms with Gasteiger partial charge in [0.1, 0.15) is 11.6 Å². The van der Waals surface area contributed by atoms with E-state index in [0.29, 0.717) is 11.6 Å². The van der Waals surface area contributed by atoms with Gasteiger partial charge in [0.05, 0.1) is 18.4 Å². The van der Waals surface area contributed by atoms with E-state index in [2.05, 4.69) is 36.1 Å². The number of methoxy groups -OCH3 is 1. The summed E-state index contributed by atoms with van der Waals surface area (Å²) in [5.74, 6) is -4.07. The van der Waals surface area contributed by atoms with E-state index in [9.17, 15) is 23.2 Å². The third-order valence-corrected chi connectivity index (χ3v) is 4.39. The molecule has 2 rings (SSSR count). The smallest absolute Gasteiger partial charge is 0.340 e. The van der Waals surface area contributed by atoms with Crippen molar-refractivity contribution in [2.75, 3.05) is 19.0 Å². The zero-order valence-electron chi connectivity index (χ0n) is 17.3. The molecule has 30 heavy (non-hydrogen) atoms. The molecule has 0 aliphatic heterocycles. The Labute approximate surface area is 173 Å². The molecule has 0 aromatic heterocycles. The van der Waals surface area contributed by atoms with Crippen LogP contribution in [0.5, 0.6) is 0 Å². The van der Waals surface area contributed by atoms with Crippen LogP contribution >= 0.6 is 0 Å². The lowest BCUT2D eigenvalue weighted by Crippen LogP contribution is -2.28. The van der Waals surface area contributed by atoms with E-state index in [4.69, 9.17) is 0 Å². The molecule has 0 radical (unpaired) electrons. The Hall–Kier alpha value is -3.29. The lowest BCUT2D eigenvalue weighted by Gasteiger charge is -2.19. The third kappa shape index (κ3) is 5.85. The molecule has 6 nitrogen and oxygen atoms in total. The van der Waals surface area contributed by atoms with Gasteiger partial charge in [-0.3, -0.25) is 9.59 Å². The summed E-state index contributed by atoms with van der Waals surface area (Å²) in [6.45, 7) is 6.22. The summed E-state index contributed by atoms with van der Waals surface area (Å²) in [4.78, 5) is 35.7. The van der Waals surface area contributed by atoms with E-state index < -0.39 is 29.1 Å². The van der Waals surface area contributed by atoms with E-state index in [1.807, 2.05) is 12.1 Å². The van der Waals surface area contributed by atoms with E-state index in [1.165, 1.54) is 0 Å². The number of rotatable bonds is 6. The van der Waals surface area contributed by atoms with Crippen LogP contribution in [0, 0.1) is 11.6 Å². The van der Waals surface area contributed by atoms with Crippen molar-refractivity contribution in [2.24, 2.45) is 0 Å². The van der Waals surface area contributed by atoms with Crippen LogP contribution in [0.2, 0.25) is 0 Å². The highest BCUT2D eigenvalue weighted by atomic mass is 19.1. The van der Waals surface area contributed by atoms with Crippen molar-refractivity contribution in [3.8, 4) is 0 Å². The second-order valence-corrected chi connectivity index (χ2v) is 7.68. The first-order chi connectivity index (χ1) is 14.0. The summed E-state index contributed by atoms with van der Waals surface area (Å²) in [6.07, 6.45) is -0.143. The second kappa shape index (κ2) is 9.47. The van der Waals surface area contributed by atoms with Crippen LogP contribution in [0.1, 0.15) is 53.5 Å². The fourth-order valence-electron chi connectivity index (χ4n) is 2.64. The highest BCUT2D eigenvalue weighted by Crippen LogP contribution is 2.22. The van der Waals surface area contributed by atoms with E-state index >= 15 is 0 Å². The number of halogens is 2. The molecule has 0 unspecified atom stereocenters. The molecule has 8 heteroatoms. The number of hydrogen-bond acceptors (Lipinski definition) is 4. The van der Waals surface area contributed by atoms with Crippen molar-refractivity contribution in [2.45, 2.75) is 32.6 Å². The maximum Gasteiger partial charge on any atom is 0.340 e. The molecular formula is C22H24F2N2O4. The van der Waals surface area contributed by atoms with Gasteiger partial charge in [0, 0.05) is 24.6 Å². The minimum absolute atomic E-state index is 0.0123. The number of anilines is 1. The minimum Gasteiger partial charge on any atom is -0.465 e. The van der Waals surface area contributed by atoms with Crippen LogP contribution in [0.4, 0.5) is 14.5 Å². The number of carbonyl (C=O) groups is 3. The van der Waals surface area contributed by atoms with Gasteiger partial charge in [0.25, 0.3) is 5.91 Å². The Morgan fingerprint density at radius 3 is 2.20 bits per heavy atom. The molecule has 0 saturated carbocycles. The van der Waals surface area contributed by atoms with Gasteiger partial charge >= 0.3 is 5.97 Å². The number of ether oxygens (including phenoxy) is 1. The quantitative estimate of drug-likeness (QED) is 0.699. The summed E-state index contributed by atoms with van der Waals surface area (Å²) >= 11 is 0. The SMILES string of the molecule is COC(=O)c1cc(NC(=O)CCNC(=O)c2ccc(C(C)(C)C)cc2)c(F)cc1F. The zero-order chi connectivity index (χ0) is 22.5. The van der Waals surface area contributed by atoms with E-state index in [0.717, 1.165) is 18.7 Å². The van der Waals surface area contributed by atoms with Crippen molar-refractivity contribution >= 4 is 23.5 Å². The monoisotopic (exact) mass is 418 g/mol. The Morgan fingerprint density at radius 2 is 1.63 bits per heavy atom. The van der Waals surface area contributed by atoms with Crippen molar-refractivity contribution in [3.63, 3.8) is 0 Å². The van der Waals surface area contributed by atoms with Crippen molar-refractivity contribution in [3.05, 3.63) is 64.7 Å². The predicted octanol–water partition coefficient (Wildman–Crippen LogP) is 3.81. The van der Waals surface area contributed by atoms with Crippen molar-refractivity contribution in [1.82, 2.24) is 5.32 Å². The first kappa shape index (κ1) is 23.0. The van der Waals surface area contributed by atoms with E-state index in [-0.39, 0.29) is 30.0 Å². The molecule has 0 saturated heterocycles. The largest absolute Gasteiger partial charge is 0.465 e. The Kier molecular flexibility index (Phi) is 7.26. The van der Waals surface area contributed by atoms with Crippen LogP contribution in [-0.2, 0) is 14.9 Å². The molecule has 2 N–H and O–H groups in total. The maximum absolute atomic E-state index is 13.9. The van der Waals surface area contributed by atoms with Gasteiger partial charge in [-0.1, -0.05) is 32.9 Å². The summed E-state index contributed by atoms with van der Waals surface area (Å²) in [5.41, 5.74) is 0.657. The van der Waals surface area contributed by atoms with Crippen LogP contribution in [-0.4, -0.2) is 31.4 Å². The first-order valence-corrected chi connectivity index (χ1v) is 9.29. The van der Waals surface area contributed by atoms with Gasteiger partial charge in [0.2, 0.25) is 5.91 Å². The second-order valence-electron chi connectivity index (χ2n) is 7.68. The molecule has 0 bridgehead atoms. The van der Waals surface area contributed by atoms with Crippen LogP contribution in [0.3, 0.4) is 0 Å². The number of benzene rings is 2. The average molecular weight is 418 g/mol. The molecule has 2 aromatic rings. The summed E-state index contributed by atoms with van der Waals surface area (Å²) < 4.78 is 31.9. The first-order valence-electron chi connectivity index (χ1n) is 9.29. The minimum atomic E-state index is -1.10. The lowest BCUT2D eigenvalue weighted by atomic mass is 9.87. The predicted molar refractivity (Wildman–Crippen MR) is 108 cm³/mol. The molecular weight excluding hydrogens is 394 g/mol. The third-order valence-electron chi connectivity index (χ3n) is 4.39. The Morgan fingerprint density at radius 1 is 1.00 bits per heavy atom. The highest BCUT2D eigenvalue weighted by molar-refractivity contribution is 5.96. The number of hydrogen-bond donors (Lipinski definition) is 2. The molecule has 0 fully saturated rings. The fraction of sp³-hybridized carbons (Fsp3) is 0.318. The molecule has 0 aliphatic rings. The van der Waals surface area contributed by atoms with Crippen LogP contribution in [0.25, 0.3) is 0 Å². The van der Waals surface area contributed by atoms with E-state index in [1.54, 1.807) is 12.1 Å². The van der Waals surface area contributed by atoms with Crippen LogP contribution in [0.15, 0.2) is 36.4 Å². The number of carbonyl (C=O) groups excluding carboxylic acids is 3. The normalized spacial score (nSPS) is 11.0. The van der Waals surface area contributed by atoms with Gasteiger partial charge in [-0.05, 0) is 29.2 Å². The molecule has 160 valence electrons. The molecule has 0 spiro atoms. The van der Waals surface area contributed by atoms with Gasteiger partial charge in [-0.15, -0.1) is 0 Å². The lowest BCUT2D eigenvalue weighted by molar-refractivity contribution is -0.116. The topological polar surface area (TPSA) is 84.5 Å². The van der Waals surface area contributed by atoms with Crippen LogP contribution < -0.4 is 10.6 Å². The highest BCUT2D eigenvalue weighted by Gasteiger charge is 2.18. The van der Waals surface area contributed by atoms with Gasteiger partial charge in [0.15, 0.2) is 0 Å². The molecule has 2 aromatic carbocycles. The average Bonchev–Trinajstić information content (AvgIpc) is 2.68. The fourth-order valence-corrected chi connectivity index (χ4v) is 2.64. The van der Waals surface area contributed by atoms with Crippen molar-refractivity contribution < 1.29 is 27.9 Å². The Balaban J connectivity index is 1.92. The molecule has 2 amide bonds. The number of amides is 2. The summed E-state index contributed by atoms with van der Waals surface area (Å²) in [6, 6.07) is 8.51. The summed E-state index contributed by atoms with van der Waals surface area (Å²) in [7, 11) is 1.06. The molecule has 0 aliphatic carbocycles. The number of nitrogens with one attached hydrogen (secondary N) is 2. The Bertz CT molecular complexity index is 951. The molecule has 0 atom stereocenters. The van der Waals surface area contributed by atoms with Gasteiger partial charge in [-0.25, -0.2) is 13.6 Å². The van der Waals surface area contributed by atoms with Crippen molar-refractivity contribution in [1.29, 1.82) is 0 Å². The molecule has 0 heterocycles. The van der Waals surface area contributed by atoms with Gasteiger partial charge < -0.3 is 15.4 Å². The number of esters is 1.